The number of nitrogens with one attached hydrogen (secondary N) is 1. The molecule has 5 heteroatoms. The first-order chi connectivity index (χ1) is 16.2. The Bertz CT molecular complexity index is 1470. The summed E-state index contributed by atoms with van der Waals surface area (Å²) in [6.45, 7) is 0. The third-order valence-electron chi connectivity index (χ3n) is 5.47. The number of hydrogen-bond acceptors (Lipinski definition) is 4. The van der Waals surface area contributed by atoms with E-state index >= 15 is 0 Å². The Hall–Kier alpha value is -4.51. The average molecular weight is 432 g/mol. The van der Waals surface area contributed by atoms with E-state index < -0.39 is 5.63 Å². The van der Waals surface area contributed by atoms with Gasteiger partial charge in [0.25, 0.3) is 5.91 Å². The molecule has 0 bridgehead atoms. The van der Waals surface area contributed by atoms with Crippen molar-refractivity contribution in [3.05, 3.63) is 130 Å². The molecule has 0 saturated carbocycles. The molecule has 5 rings (SSSR count). The Morgan fingerprint density at radius 3 is 2.27 bits per heavy atom. The molecule has 0 aliphatic carbocycles. The Morgan fingerprint density at radius 1 is 0.818 bits per heavy atom. The highest BCUT2D eigenvalue weighted by Crippen LogP contribution is 2.22. The average Bonchev–Trinajstić information content (AvgIpc) is 2.85. The molecule has 0 unspecified atom stereocenters. The van der Waals surface area contributed by atoms with Crippen LogP contribution >= 0.6 is 0 Å². The van der Waals surface area contributed by atoms with Crippen LogP contribution in [0.2, 0.25) is 0 Å². The molecule has 160 valence electrons. The van der Waals surface area contributed by atoms with Gasteiger partial charge in [0.05, 0.1) is 5.56 Å². The fourth-order valence-corrected chi connectivity index (χ4v) is 3.71. The Balaban J connectivity index is 1.29. The standard InChI is InChI=1S/C28H20N2O3/c31-27(30-24-11-5-19(6-12-24)17-20-13-15-29-16-14-20)22-9-7-21(8-10-22)25-18-23-3-1-2-4-26(23)33-28(25)32/h1-16,18H,17H2,(H,30,31). The van der Waals surface area contributed by atoms with E-state index in [1.165, 1.54) is 5.56 Å². The van der Waals surface area contributed by atoms with Crippen molar-refractivity contribution in [3.63, 3.8) is 0 Å². The van der Waals surface area contributed by atoms with Crippen LogP contribution < -0.4 is 10.9 Å². The van der Waals surface area contributed by atoms with Crippen LogP contribution in [0.4, 0.5) is 5.69 Å². The van der Waals surface area contributed by atoms with Crippen molar-refractivity contribution >= 4 is 22.6 Å². The lowest BCUT2D eigenvalue weighted by molar-refractivity contribution is 0.102. The van der Waals surface area contributed by atoms with Crippen LogP contribution in [0.3, 0.4) is 0 Å². The van der Waals surface area contributed by atoms with Gasteiger partial charge in [0, 0.05) is 29.0 Å². The number of hydrogen-bond donors (Lipinski definition) is 1. The van der Waals surface area contributed by atoms with Crippen LogP contribution in [0, 0.1) is 0 Å². The van der Waals surface area contributed by atoms with Gasteiger partial charge in [-0.15, -0.1) is 0 Å². The number of amides is 1. The lowest BCUT2D eigenvalue weighted by Gasteiger charge is -2.08. The van der Waals surface area contributed by atoms with E-state index in [1.54, 1.807) is 42.7 Å². The second-order valence-electron chi connectivity index (χ2n) is 7.75. The summed E-state index contributed by atoms with van der Waals surface area (Å²) in [6.07, 6.45) is 4.37. The molecule has 0 saturated heterocycles. The zero-order valence-electron chi connectivity index (χ0n) is 17.7. The topological polar surface area (TPSA) is 72.2 Å². The van der Waals surface area contributed by atoms with Crippen LogP contribution in [-0.2, 0) is 6.42 Å². The predicted molar refractivity (Wildman–Crippen MR) is 129 cm³/mol. The quantitative estimate of drug-likeness (QED) is 0.362. The van der Waals surface area contributed by atoms with Crippen LogP contribution in [0.25, 0.3) is 22.1 Å². The van der Waals surface area contributed by atoms with Crippen LogP contribution in [0.1, 0.15) is 21.5 Å². The summed E-state index contributed by atoms with van der Waals surface area (Å²) in [5.41, 5.74) is 4.87. The summed E-state index contributed by atoms with van der Waals surface area (Å²) in [5, 5.41) is 3.76. The number of aromatic nitrogens is 1. The summed E-state index contributed by atoms with van der Waals surface area (Å²) < 4.78 is 5.41. The number of pyridine rings is 1. The van der Waals surface area contributed by atoms with Crippen LogP contribution in [0.5, 0.6) is 0 Å². The largest absolute Gasteiger partial charge is 0.422 e. The number of fused-ring (bicyclic) bond motifs is 1. The van der Waals surface area contributed by atoms with Crippen molar-refractivity contribution in [2.45, 2.75) is 6.42 Å². The number of benzene rings is 3. The second-order valence-corrected chi connectivity index (χ2v) is 7.75. The molecule has 0 spiro atoms. The first kappa shape index (κ1) is 20.4. The number of para-hydroxylation sites is 1. The van der Waals surface area contributed by atoms with E-state index in [9.17, 15) is 9.59 Å². The van der Waals surface area contributed by atoms with Gasteiger partial charge >= 0.3 is 5.63 Å². The maximum atomic E-state index is 12.7. The normalized spacial score (nSPS) is 10.8. The van der Waals surface area contributed by atoms with Gasteiger partial charge in [-0.1, -0.05) is 42.5 Å². The van der Waals surface area contributed by atoms with Crippen molar-refractivity contribution in [3.8, 4) is 11.1 Å². The third-order valence-corrected chi connectivity index (χ3v) is 5.47. The molecule has 5 nitrogen and oxygen atoms in total. The van der Waals surface area contributed by atoms with E-state index in [2.05, 4.69) is 10.3 Å². The first-order valence-corrected chi connectivity index (χ1v) is 10.6. The molecular formula is C28H20N2O3. The smallest absolute Gasteiger partial charge is 0.344 e. The van der Waals surface area contributed by atoms with E-state index in [0.717, 1.165) is 23.1 Å². The SMILES string of the molecule is O=C(Nc1ccc(Cc2ccncc2)cc1)c1ccc(-c2cc3ccccc3oc2=O)cc1. The minimum atomic E-state index is -0.405. The fourth-order valence-electron chi connectivity index (χ4n) is 3.71. The van der Waals surface area contributed by atoms with Gasteiger partial charge < -0.3 is 9.73 Å². The van der Waals surface area contributed by atoms with Gasteiger partial charge in [0.2, 0.25) is 0 Å². The Kier molecular flexibility index (Phi) is 5.52. The van der Waals surface area contributed by atoms with Gasteiger partial charge in [-0.25, -0.2) is 4.79 Å². The summed E-state index contributed by atoms with van der Waals surface area (Å²) in [4.78, 5) is 29.1. The monoisotopic (exact) mass is 432 g/mol. The first-order valence-electron chi connectivity index (χ1n) is 10.6. The van der Waals surface area contributed by atoms with Crippen LogP contribution in [-0.4, -0.2) is 10.9 Å². The molecule has 1 N–H and O–H groups in total. The Labute approximate surface area is 190 Å². The zero-order chi connectivity index (χ0) is 22.6. The minimum Gasteiger partial charge on any atom is -0.422 e. The zero-order valence-corrected chi connectivity index (χ0v) is 17.7. The molecule has 2 heterocycles. The van der Waals surface area contributed by atoms with E-state index in [1.807, 2.05) is 60.7 Å². The van der Waals surface area contributed by atoms with Crippen molar-refractivity contribution in [2.24, 2.45) is 0 Å². The third kappa shape index (κ3) is 4.57. The Morgan fingerprint density at radius 2 is 1.52 bits per heavy atom. The van der Waals surface area contributed by atoms with Crippen molar-refractivity contribution in [1.29, 1.82) is 0 Å². The number of nitrogens with zero attached hydrogens (tertiary/aromatic N) is 1. The molecule has 1 amide bonds. The molecule has 0 fully saturated rings. The number of anilines is 1. The van der Waals surface area contributed by atoms with Crippen molar-refractivity contribution < 1.29 is 9.21 Å². The lowest BCUT2D eigenvalue weighted by Crippen LogP contribution is -2.12. The minimum absolute atomic E-state index is 0.214. The van der Waals surface area contributed by atoms with E-state index in [4.69, 9.17) is 4.42 Å². The molecule has 3 aromatic carbocycles. The van der Waals surface area contributed by atoms with Gasteiger partial charge in [0.1, 0.15) is 5.58 Å². The molecule has 2 aromatic heterocycles. The molecule has 0 aliphatic heterocycles. The number of carbonyl (C=O) groups is 1. The van der Waals surface area contributed by atoms with Crippen molar-refractivity contribution in [1.82, 2.24) is 4.98 Å². The summed E-state index contributed by atoms with van der Waals surface area (Å²) >= 11 is 0. The predicted octanol–water partition coefficient (Wildman–Crippen LogP) is 5.70. The highest BCUT2D eigenvalue weighted by Gasteiger charge is 2.10. The highest BCUT2D eigenvalue weighted by atomic mass is 16.4. The number of rotatable bonds is 5. The number of carbonyl (C=O) groups excluding carboxylic acids is 1. The second kappa shape index (κ2) is 8.93. The van der Waals surface area contributed by atoms with Gasteiger partial charge in [-0.2, -0.15) is 0 Å². The maximum Gasteiger partial charge on any atom is 0.344 e. The summed E-state index contributed by atoms with van der Waals surface area (Å²) in [6, 6.07) is 27.9. The van der Waals surface area contributed by atoms with Gasteiger partial charge in [-0.3, -0.25) is 9.78 Å². The van der Waals surface area contributed by atoms with E-state index in [0.29, 0.717) is 22.3 Å². The molecule has 0 atom stereocenters. The molecule has 0 aliphatic rings. The van der Waals surface area contributed by atoms with E-state index in [-0.39, 0.29) is 5.91 Å². The molecule has 0 radical (unpaired) electrons. The highest BCUT2D eigenvalue weighted by molar-refractivity contribution is 6.04. The van der Waals surface area contributed by atoms with Gasteiger partial charge in [-0.05, 0) is 71.6 Å². The maximum absolute atomic E-state index is 12.7. The fraction of sp³-hybridized carbons (Fsp3) is 0.0357. The summed E-state index contributed by atoms with van der Waals surface area (Å²) in [5.74, 6) is -0.214. The molecule has 33 heavy (non-hydrogen) atoms. The molecular weight excluding hydrogens is 412 g/mol. The molecule has 5 aromatic rings. The summed E-state index contributed by atoms with van der Waals surface area (Å²) in [7, 11) is 0. The lowest BCUT2D eigenvalue weighted by atomic mass is 10.0. The van der Waals surface area contributed by atoms with Gasteiger partial charge in [0.15, 0.2) is 0 Å². The van der Waals surface area contributed by atoms with Crippen molar-refractivity contribution in [2.75, 3.05) is 5.32 Å². The van der Waals surface area contributed by atoms with Crippen LogP contribution in [0.15, 0.2) is 113 Å².